The fourth-order valence-electron chi connectivity index (χ4n) is 6.98. The largest absolute Gasteiger partial charge is 0.462 e. The summed E-state index contributed by atoms with van der Waals surface area (Å²) in [5.41, 5.74) is 0. The average molecular weight is 877 g/mol. The second kappa shape index (κ2) is 51.2. The van der Waals surface area contributed by atoms with Gasteiger partial charge in [-0.2, -0.15) is 0 Å². The van der Waals surface area contributed by atoms with Gasteiger partial charge in [-0.25, -0.2) is 0 Å². The zero-order valence-electron chi connectivity index (χ0n) is 41.1. The normalized spacial score (nSPS) is 12.7. The Morgan fingerprint density at radius 3 is 1.05 bits per heavy atom. The van der Waals surface area contributed by atoms with Gasteiger partial charge >= 0.3 is 17.9 Å². The van der Waals surface area contributed by atoms with E-state index < -0.39 is 6.10 Å². The highest BCUT2D eigenvalue weighted by Crippen LogP contribution is 2.14. The molecule has 6 nitrogen and oxygen atoms in total. The molecule has 0 saturated carbocycles. The van der Waals surface area contributed by atoms with Crippen LogP contribution < -0.4 is 0 Å². The van der Waals surface area contributed by atoms with Crippen LogP contribution in [0.15, 0.2) is 85.1 Å². The van der Waals surface area contributed by atoms with Gasteiger partial charge in [0.1, 0.15) is 13.2 Å². The molecule has 0 heterocycles. The number of rotatable bonds is 46. The quantitative estimate of drug-likeness (QED) is 0.0262. The summed E-state index contributed by atoms with van der Waals surface area (Å²) in [6.45, 7) is 6.42. The fourth-order valence-corrected chi connectivity index (χ4v) is 6.98. The van der Waals surface area contributed by atoms with E-state index in [1.807, 2.05) is 0 Å². The summed E-state index contributed by atoms with van der Waals surface area (Å²) in [4.78, 5) is 37.8. The molecule has 0 aromatic carbocycles. The van der Waals surface area contributed by atoms with Gasteiger partial charge in [0.2, 0.25) is 0 Å². The van der Waals surface area contributed by atoms with Crippen LogP contribution in [0.25, 0.3) is 0 Å². The molecule has 0 bridgehead atoms. The molecule has 0 saturated heterocycles. The number of unbranched alkanes of at least 4 members (excludes halogenated alkanes) is 21. The lowest BCUT2D eigenvalue weighted by atomic mass is 10.1. The number of carbonyl (C=O) groups excluding carboxylic acids is 3. The Morgan fingerprint density at radius 1 is 0.333 bits per heavy atom. The van der Waals surface area contributed by atoms with Crippen molar-refractivity contribution in [2.45, 2.75) is 245 Å². The Hall–Kier alpha value is -3.41. The number of esters is 3. The molecule has 0 N–H and O–H groups in total. The summed E-state index contributed by atoms with van der Waals surface area (Å²) in [5, 5.41) is 0. The molecule has 0 aliphatic rings. The molecule has 0 aliphatic carbocycles. The molecule has 0 spiro atoms. The van der Waals surface area contributed by atoms with Gasteiger partial charge in [0, 0.05) is 19.3 Å². The predicted octanol–water partition coefficient (Wildman–Crippen LogP) is 17.2. The Labute approximate surface area is 388 Å². The van der Waals surface area contributed by atoms with Crippen molar-refractivity contribution in [1.82, 2.24) is 0 Å². The number of ether oxygens (including phenoxy) is 3. The van der Waals surface area contributed by atoms with Crippen LogP contribution in [0.4, 0.5) is 0 Å². The van der Waals surface area contributed by atoms with Crippen LogP contribution in [-0.4, -0.2) is 37.2 Å². The first-order valence-corrected chi connectivity index (χ1v) is 26.1. The highest BCUT2D eigenvalue weighted by Gasteiger charge is 2.19. The minimum absolute atomic E-state index is 0.0836. The third-order valence-electron chi connectivity index (χ3n) is 10.9. The molecular formula is C57H96O6. The number of carbonyl (C=O) groups is 3. The van der Waals surface area contributed by atoms with Crippen molar-refractivity contribution in [1.29, 1.82) is 0 Å². The molecule has 0 aromatic heterocycles. The second-order valence-corrected chi connectivity index (χ2v) is 17.1. The summed E-state index contributed by atoms with van der Waals surface area (Å²) in [5.74, 6) is -0.913. The maximum absolute atomic E-state index is 12.7. The van der Waals surface area contributed by atoms with Gasteiger partial charge in [-0.3, -0.25) is 14.4 Å². The lowest BCUT2D eigenvalue weighted by Gasteiger charge is -2.18. The van der Waals surface area contributed by atoms with Crippen molar-refractivity contribution >= 4 is 17.9 Å². The summed E-state index contributed by atoms with van der Waals surface area (Å²) in [7, 11) is 0. The molecule has 1 atom stereocenters. The summed E-state index contributed by atoms with van der Waals surface area (Å²) in [6.07, 6.45) is 65.8. The molecule has 0 aromatic rings. The van der Waals surface area contributed by atoms with E-state index in [0.717, 1.165) is 128 Å². The molecule has 0 aliphatic heterocycles. The Morgan fingerprint density at radius 2 is 0.651 bits per heavy atom. The molecule has 0 amide bonds. The van der Waals surface area contributed by atoms with Gasteiger partial charge in [0.05, 0.1) is 0 Å². The van der Waals surface area contributed by atoms with Gasteiger partial charge in [0.15, 0.2) is 6.10 Å². The molecule has 1 unspecified atom stereocenters. The van der Waals surface area contributed by atoms with Crippen molar-refractivity contribution in [3.63, 3.8) is 0 Å². The summed E-state index contributed by atoms with van der Waals surface area (Å²) >= 11 is 0. The van der Waals surface area contributed by atoms with Gasteiger partial charge in [-0.05, 0) is 89.9 Å². The minimum atomic E-state index is -0.783. The van der Waals surface area contributed by atoms with Crippen LogP contribution >= 0.6 is 0 Å². The summed E-state index contributed by atoms with van der Waals surface area (Å²) in [6, 6.07) is 0. The molecular weight excluding hydrogens is 781 g/mol. The first-order chi connectivity index (χ1) is 31.0. The number of hydrogen-bond acceptors (Lipinski definition) is 6. The highest BCUT2D eigenvalue weighted by atomic mass is 16.6. The van der Waals surface area contributed by atoms with Crippen LogP contribution in [0.2, 0.25) is 0 Å². The van der Waals surface area contributed by atoms with E-state index in [0.29, 0.717) is 19.3 Å². The molecule has 0 radical (unpaired) electrons. The van der Waals surface area contributed by atoms with E-state index in [1.165, 1.54) is 70.6 Å². The van der Waals surface area contributed by atoms with E-state index in [2.05, 4.69) is 106 Å². The van der Waals surface area contributed by atoms with Crippen molar-refractivity contribution in [3.05, 3.63) is 85.1 Å². The zero-order chi connectivity index (χ0) is 45.8. The number of allylic oxidation sites excluding steroid dienone is 14. The minimum Gasteiger partial charge on any atom is -0.462 e. The van der Waals surface area contributed by atoms with Crippen LogP contribution in [0.3, 0.4) is 0 Å². The smallest absolute Gasteiger partial charge is 0.306 e. The van der Waals surface area contributed by atoms with E-state index in [1.54, 1.807) is 0 Å². The van der Waals surface area contributed by atoms with Crippen LogP contribution in [0.5, 0.6) is 0 Å². The second-order valence-electron chi connectivity index (χ2n) is 17.1. The molecule has 360 valence electrons. The van der Waals surface area contributed by atoms with Crippen LogP contribution in [0, 0.1) is 0 Å². The Kier molecular flexibility index (Phi) is 48.5. The van der Waals surface area contributed by atoms with E-state index in [4.69, 9.17) is 14.2 Å². The van der Waals surface area contributed by atoms with Crippen LogP contribution in [-0.2, 0) is 28.6 Å². The number of hydrogen-bond donors (Lipinski definition) is 0. The zero-order valence-corrected chi connectivity index (χ0v) is 41.1. The summed E-state index contributed by atoms with van der Waals surface area (Å²) < 4.78 is 16.7. The third kappa shape index (κ3) is 49.5. The van der Waals surface area contributed by atoms with Gasteiger partial charge in [-0.15, -0.1) is 0 Å². The monoisotopic (exact) mass is 877 g/mol. The lowest BCUT2D eigenvalue weighted by Crippen LogP contribution is -2.30. The highest BCUT2D eigenvalue weighted by molar-refractivity contribution is 5.71. The lowest BCUT2D eigenvalue weighted by molar-refractivity contribution is -0.167. The van der Waals surface area contributed by atoms with Crippen molar-refractivity contribution in [2.75, 3.05) is 13.2 Å². The van der Waals surface area contributed by atoms with Crippen molar-refractivity contribution in [2.24, 2.45) is 0 Å². The van der Waals surface area contributed by atoms with Crippen LogP contribution in [0.1, 0.15) is 239 Å². The maximum Gasteiger partial charge on any atom is 0.306 e. The molecule has 63 heavy (non-hydrogen) atoms. The van der Waals surface area contributed by atoms with Gasteiger partial charge in [0.25, 0.3) is 0 Å². The van der Waals surface area contributed by atoms with E-state index in [9.17, 15) is 14.4 Å². The Balaban J connectivity index is 4.26. The Bertz CT molecular complexity index is 1240. The van der Waals surface area contributed by atoms with Gasteiger partial charge < -0.3 is 14.2 Å². The van der Waals surface area contributed by atoms with Crippen molar-refractivity contribution < 1.29 is 28.6 Å². The third-order valence-corrected chi connectivity index (χ3v) is 10.9. The first-order valence-electron chi connectivity index (χ1n) is 26.1. The average Bonchev–Trinajstić information content (AvgIpc) is 3.28. The van der Waals surface area contributed by atoms with Gasteiger partial charge in [-0.1, -0.05) is 215 Å². The molecule has 0 rings (SSSR count). The first kappa shape index (κ1) is 59.6. The van der Waals surface area contributed by atoms with E-state index >= 15 is 0 Å². The standard InChI is InChI=1S/C57H96O6/c1-4-7-10-13-16-19-22-23-24-25-26-27-28-29-30-31-32-33-34-35-36-39-41-44-47-50-56(59)62-53-54(63-57(60)51-48-45-42-38-21-18-15-12-9-6-3)52-61-55(58)49-46-43-40-37-20-17-14-11-8-5-2/h7,10,12,15-16,19,23-24,26-27,29-30,32-33,54H,4-6,8-9,11,13-14,17-18,20-22,25,28,31,34-53H2,1-3H3/b10-7-,15-12-,19-16-,24-23-,27-26-,30-29-,33-32-. The van der Waals surface area contributed by atoms with Crippen molar-refractivity contribution in [3.8, 4) is 0 Å². The predicted molar refractivity (Wildman–Crippen MR) is 270 cm³/mol. The topological polar surface area (TPSA) is 78.9 Å². The maximum atomic E-state index is 12.7. The molecule has 6 heteroatoms. The molecule has 0 fully saturated rings. The SMILES string of the molecule is CC/C=C\C/C=C\C/C=C\C/C=C\C/C=C\C/C=C\CCCCCCCCC(=O)OCC(COC(=O)CCCCCCCCCCCC)OC(=O)CCCCCCC/C=C\CCC. The van der Waals surface area contributed by atoms with E-state index in [-0.39, 0.29) is 31.1 Å². The fraction of sp³-hybridized carbons (Fsp3) is 0.702.